The van der Waals surface area contributed by atoms with E-state index in [0.29, 0.717) is 19.3 Å². The van der Waals surface area contributed by atoms with Gasteiger partial charge in [-0.1, -0.05) is 55.3 Å². The Balaban J connectivity index is 0.000000599. The molecule has 2 aliphatic heterocycles. The summed E-state index contributed by atoms with van der Waals surface area (Å²) in [6.45, 7) is 7.37. The van der Waals surface area contributed by atoms with E-state index in [2.05, 4.69) is 58.3 Å². The fraction of sp³-hybridized carbons (Fsp3) is 0.483. The van der Waals surface area contributed by atoms with E-state index < -0.39 is 11.9 Å². The van der Waals surface area contributed by atoms with Crippen molar-refractivity contribution < 1.29 is 34.1 Å². The number of rotatable bonds is 10. The molecule has 0 amide bonds. The molecule has 1 atom stereocenters. The number of unbranched alkanes of at least 4 members (excludes halogenated alkanes) is 3. The second-order valence-corrected chi connectivity index (χ2v) is 9.40. The van der Waals surface area contributed by atoms with Crippen LogP contribution in [0.5, 0.6) is 0 Å². The number of benzene rings is 2. The van der Waals surface area contributed by atoms with Gasteiger partial charge in [-0.05, 0) is 55.5 Å². The molecule has 2 N–H and O–H groups in total. The third-order valence-corrected chi connectivity index (χ3v) is 6.78. The number of aliphatic carboxylic acids is 2. The van der Waals surface area contributed by atoms with Crippen LogP contribution >= 0.6 is 0 Å². The molecule has 2 aliphatic rings. The topological polar surface area (TPSA) is 117 Å². The Morgan fingerprint density at radius 3 is 2.32 bits per heavy atom. The standard InChI is InChI=1S/C27H36N2O3.C2H2O4/c1-2-32-27(30)21-31-18-10-4-3-9-15-28-16-17-29-25-14-8-6-12-23(25)19-22-11-5-7-13-24(22)26(29)20-28;3-1(4)2(5)6/h5-8,11-14,26H,2-4,9-10,15-21H2,1H3;(H,3,4)(H,5,6). The van der Waals surface area contributed by atoms with Gasteiger partial charge in [-0.3, -0.25) is 4.90 Å². The first kappa shape index (κ1) is 29.1. The average molecular weight is 527 g/mol. The lowest BCUT2D eigenvalue weighted by molar-refractivity contribution is -0.159. The lowest BCUT2D eigenvalue weighted by atomic mass is 9.96. The number of anilines is 1. The Labute approximate surface area is 224 Å². The fourth-order valence-electron chi connectivity index (χ4n) is 5.01. The first-order chi connectivity index (χ1) is 18.4. The number of carbonyl (C=O) groups excluding carboxylic acids is 1. The predicted molar refractivity (Wildman–Crippen MR) is 143 cm³/mol. The zero-order valence-corrected chi connectivity index (χ0v) is 22.0. The molecular weight excluding hydrogens is 488 g/mol. The third-order valence-electron chi connectivity index (χ3n) is 6.78. The number of esters is 1. The Morgan fingerprint density at radius 1 is 0.895 bits per heavy atom. The predicted octanol–water partition coefficient (Wildman–Crippen LogP) is 3.75. The highest BCUT2D eigenvalue weighted by Gasteiger charge is 2.32. The van der Waals surface area contributed by atoms with Crippen molar-refractivity contribution >= 4 is 23.6 Å². The lowest BCUT2D eigenvalue weighted by Gasteiger charge is -2.43. The highest BCUT2D eigenvalue weighted by molar-refractivity contribution is 6.27. The smallest absolute Gasteiger partial charge is 0.414 e. The van der Waals surface area contributed by atoms with Crippen molar-refractivity contribution in [3.63, 3.8) is 0 Å². The van der Waals surface area contributed by atoms with E-state index in [-0.39, 0.29) is 12.6 Å². The summed E-state index contributed by atoms with van der Waals surface area (Å²) < 4.78 is 10.3. The van der Waals surface area contributed by atoms with Gasteiger partial charge in [-0.2, -0.15) is 0 Å². The van der Waals surface area contributed by atoms with Crippen LogP contribution in [0.3, 0.4) is 0 Å². The number of ether oxygens (including phenoxy) is 2. The van der Waals surface area contributed by atoms with Crippen LogP contribution in [0.15, 0.2) is 48.5 Å². The average Bonchev–Trinajstić information content (AvgIpc) is 3.05. The zero-order valence-electron chi connectivity index (χ0n) is 22.0. The van der Waals surface area contributed by atoms with Gasteiger partial charge in [0.1, 0.15) is 6.61 Å². The van der Waals surface area contributed by atoms with Gasteiger partial charge in [-0.15, -0.1) is 0 Å². The molecule has 0 saturated carbocycles. The van der Waals surface area contributed by atoms with E-state index in [4.69, 9.17) is 29.3 Å². The van der Waals surface area contributed by atoms with Gasteiger partial charge in [0.25, 0.3) is 0 Å². The molecule has 2 aromatic rings. The maximum atomic E-state index is 11.3. The van der Waals surface area contributed by atoms with E-state index >= 15 is 0 Å². The summed E-state index contributed by atoms with van der Waals surface area (Å²) in [5.41, 5.74) is 5.82. The Hall–Kier alpha value is -3.43. The van der Waals surface area contributed by atoms with E-state index in [0.717, 1.165) is 45.4 Å². The zero-order chi connectivity index (χ0) is 27.3. The maximum absolute atomic E-state index is 11.3. The maximum Gasteiger partial charge on any atom is 0.414 e. The van der Waals surface area contributed by atoms with Crippen molar-refractivity contribution in [2.24, 2.45) is 0 Å². The molecule has 1 fully saturated rings. The van der Waals surface area contributed by atoms with Gasteiger partial charge in [0, 0.05) is 31.9 Å². The number of hydrogen-bond donors (Lipinski definition) is 2. The Bertz CT molecular complexity index is 1060. The summed E-state index contributed by atoms with van der Waals surface area (Å²) in [6, 6.07) is 18.4. The highest BCUT2D eigenvalue weighted by Crippen LogP contribution is 2.39. The molecule has 38 heavy (non-hydrogen) atoms. The van der Waals surface area contributed by atoms with Crippen LogP contribution in [0.1, 0.15) is 55.3 Å². The number of carboxylic acid groups (broad SMARTS) is 2. The van der Waals surface area contributed by atoms with Gasteiger partial charge in [0.15, 0.2) is 0 Å². The summed E-state index contributed by atoms with van der Waals surface area (Å²) >= 11 is 0. The first-order valence-electron chi connectivity index (χ1n) is 13.2. The van der Waals surface area contributed by atoms with Crippen LogP contribution in [0.2, 0.25) is 0 Å². The molecule has 0 bridgehead atoms. The van der Waals surface area contributed by atoms with Crippen LogP contribution in [-0.4, -0.2) is 79.0 Å². The second-order valence-electron chi connectivity index (χ2n) is 9.40. The largest absolute Gasteiger partial charge is 0.473 e. The molecule has 2 aromatic carbocycles. The van der Waals surface area contributed by atoms with Crippen LogP contribution in [0, 0.1) is 0 Å². The summed E-state index contributed by atoms with van der Waals surface area (Å²) in [6.07, 6.45) is 5.58. The van der Waals surface area contributed by atoms with Crippen molar-refractivity contribution in [2.45, 2.75) is 45.1 Å². The van der Waals surface area contributed by atoms with Crippen molar-refractivity contribution in [1.29, 1.82) is 0 Å². The molecule has 2 heterocycles. The van der Waals surface area contributed by atoms with Crippen LogP contribution in [-0.2, 0) is 30.3 Å². The molecule has 0 aliphatic carbocycles. The second kappa shape index (κ2) is 15.1. The number of carbonyl (C=O) groups is 3. The molecule has 1 saturated heterocycles. The highest BCUT2D eigenvalue weighted by atomic mass is 16.6. The minimum absolute atomic E-state index is 0.0735. The molecule has 1 unspecified atom stereocenters. The van der Waals surface area contributed by atoms with Gasteiger partial charge in [0.05, 0.1) is 12.6 Å². The van der Waals surface area contributed by atoms with Gasteiger partial charge < -0.3 is 24.6 Å². The summed E-state index contributed by atoms with van der Waals surface area (Å²) in [5, 5.41) is 14.8. The summed E-state index contributed by atoms with van der Waals surface area (Å²) in [4.78, 5) is 34.7. The number of para-hydroxylation sites is 1. The van der Waals surface area contributed by atoms with Crippen molar-refractivity contribution in [1.82, 2.24) is 4.90 Å². The van der Waals surface area contributed by atoms with E-state index in [1.807, 2.05) is 6.92 Å². The number of fused-ring (bicyclic) bond motifs is 5. The molecule has 9 heteroatoms. The van der Waals surface area contributed by atoms with E-state index in [9.17, 15) is 4.79 Å². The number of carboxylic acids is 2. The molecule has 206 valence electrons. The quantitative estimate of drug-likeness (QED) is 0.271. The lowest BCUT2D eigenvalue weighted by Crippen LogP contribution is -2.48. The van der Waals surface area contributed by atoms with Gasteiger partial charge >= 0.3 is 17.9 Å². The Morgan fingerprint density at radius 2 is 1.58 bits per heavy atom. The van der Waals surface area contributed by atoms with Crippen LogP contribution < -0.4 is 4.90 Å². The van der Waals surface area contributed by atoms with E-state index in [1.54, 1.807) is 0 Å². The van der Waals surface area contributed by atoms with Crippen LogP contribution in [0.4, 0.5) is 5.69 Å². The molecule has 9 nitrogen and oxygen atoms in total. The van der Waals surface area contributed by atoms with Crippen molar-refractivity contribution in [3.05, 3.63) is 65.2 Å². The fourth-order valence-corrected chi connectivity index (χ4v) is 5.01. The summed E-state index contributed by atoms with van der Waals surface area (Å²) in [7, 11) is 0. The first-order valence-corrected chi connectivity index (χ1v) is 13.2. The normalized spacial score (nSPS) is 16.1. The molecular formula is C29H38N2O7. The number of nitrogens with zero attached hydrogens (tertiary/aromatic N) is 2. The SMILES string of the molecule is CCOC(=O)COCCCCCCN1CCN2c3ccccc3Cc3ccccc3C2C1.O=C(O)C(=O)O. The van der Waals surface area contributed by atoms with E-state index in [1.165, 1.54) is 35.2 Å². The van der Waals surface area contributed by atoms with Crippen molar-refractivity contribution in [3.8, 4) is 0 Å². The Kier molecular flexibility index (Phi) is 11.6. The minimum atomic E-state index is -1.82. The molecule has 4 rings (SSSR count). The van der Waals surface area contributed by atoms with Crippen molar-refractivity contribution in [2.75, 3.05) is 50.9 Å². The number of piperazine rings is 1. The van der Waals surface area contributed by atoms with Gasteiger partial charge in [0.2, 0.25) is 0 Å². The minimum Gasteiger partial charge on any atom is -0.473 e. The molecule has 0 spiro atoms. The van der Waals surface area contributed by atoms with Gasteiger partial charge in [-0.25, -0.2) is 14.4 Å². The summed E-state index contributed by atoms with van der Waals surface area (Å²) in [5.74, 6) is -3.92. The molecule has 0 radical (unpaired) electrons. The molecule has 0 aromatic heterocycles. The third kappa shape index (κ3) is 8.56. The number of hydrogen-bond acceptors (Lipinski definition) is 7. The monoisotopic (exact) mass is 526 g/mol. The van der Waals surface area contributed by atoms with Crippen LogP contribution in [0.25, 0.3) is 0 Å².